The third-order valence-corrected chi connectivity index (χ3v) is 0.547. The minimum atomic E-state index is -0.00241. The molecule has 4 heteroatoms. The first-order valence-electron chi connectivity index (χ1n) is 2.32. The first-order valence-corrected chi connectivity index (χ1v) is 2.32. The van der Waals surface area contributed by atoms with Crippen molar-refractivity contribution in [3.8, 4) is 6.19 Å². The number of hydrogen-bond donors (Lipinski definition) is 1. The van der Waals surface area contributed by atoms with Gasteiger partial charge in [-0.2, -0.15) is 5.26 Å². The average molecular weight is 123 g/mol. The van der Waals surface area contributed by atoms with Gasteiger partial charge in [0, 0.05) is 0 Å². The van der Waals surface area contributed by atoms with Gasteiger partial charge < -0.3 is 5.73 Å². The number of nitriles is 1. The van der Waals surface area contributed by atoms with Crippen LogP contribution in [-0.4, -0.2) is 12.5 Å². The van der Waals surface area contributed by atoms with E-state index < -0.39 is 0 Å². The molecule has 0 fully saturated rings. The molecule has 9 heavy (non-hydrogen) atoms. The first kappa shape index (κ1) is 7.50. The lowest BCUT2D eigenvalue weighted by Crippen LogP contribution is -2.24. The number of nitrogens with zero attached hydrogens (tertiary/aromatic N) is 3. The van der Waals surface area contributed by atoms with E-state index in [1.54, 1.807) is 6.08 Å². The van der Waals surface area contributed by atoms with E-state index in [1.807, 2.05) is 0 Å². The summed E-state index contributed by atoms with van der Waals surface area (Å²) in [4.78, 5) is 3.15. The number of hydrogen-bond acceptors (Lipinski definition) is 2. The normalized spacial score (nSPS) is 9.89. The van der Waals surface area contributed by atoms with Crippen molar-refractivity contribution in [2.24, 2.45) is 10.7 Å². The van der Waals surface area contributed by atoms with Gasteiger partial charge in [-0.05, 0) is 0 Å². The van der Waals surface area contributed by atoms with E-state index in [9.17, 15) is 0 Å². The summed E-state index contributed by atoms with van der Waals surface area (Å²) in [7, 11) is 0. The zero-order chi connectivity index (χ0) is 7.11. The summed E-state index contributed by atoms with van der Waals surface area (Å²) in [5.74, 6) is -0.00241. The van der Waals surface area contributed by atoms with Gasteiger partial charge in [-0.15, -0.1) is 11.6 Å². The average Bonchev–Trinajstić information content (AvgIpc) is 1.85. The van der Waals surface area contributed by atoms with Crippen LogP contribution in [0.4, 0.5) is 0 Å². The van der Waals surface area contributed by atoms with Gasteiger partial charge in [0.05, 0.1) is 6.54 Å². The predicted molar refractivity (Wildman–Crippen MR) is 34.4 cm³/mol. The standard InChI is InChI=1S/C5H7N4/c1-2-3-8-5(7)9-4-6/h2H,1,3H2,(H2,7,9). The number of rotatable bonds is 2. The Morgan fingerprint density at radius 3 is 3.00 bits per heavy atom. The van der Waals surface area contributed by atoms with E-state index in [-0.39, 0.29) is 5.96 Å². The third kappa shape index (κ3) is 4.35. The smallest absolute Gasteiger partial charge is 0.226 e. The summed E-state index contributed by atoms with van der Waals surface area (Å²) in [6, 6.07) is 0. The Morgan fingerprint density at radius 1 is 1.89 bits per heavy atom. The Morgan fingerprint density at radius 2 is 2.56 bits per heavy atom. The monoisotopic (exact) mass is 123 g/mol. The number of nitrogens with two attached hydrogens (primary N) is 1. The largest absolute Gasteiger partial charge is 0.367 e. The van der Waals surface area contributed by atoms with Crippen LogP contribution in [0.25, 0.3) is 0 Å². The molecular weight excluding hydrogens is 116 g/mol. The highest BCUT2D eigenvalue weighted by Crippen LogP contribution is 1.65. The molecule has 0 amide bonds. The van der Waals surface area contributed by atoms with Gasteiger partial charge >= 0.3 is 0 Å². The molecule has 0 aromatic carbocycles. The lowest BCUT2D eigenvalue weighted by molar-refractivity contribution is 1.01. The summed E-state index contributed by atoms with van der Waals surface area (Å²) in [6.45, 7) is 3.81. The van der Waals surface area contributed by atoms with Crippen molar-refractivity contribution in [2.75, 3.05) is 6.54 Å². The van der Waals surface area contributed by atoms with Crippen molar-refractivity contribution >= 4 is 5.96 Å². The van der Waals surface area contributed by atoms with Crippen LogP contribution in [-0.2, 0) is 0 Å². The van der Waals surface area contributed by atoms with Crippen molar-refractivity contribution < 1.29 is 0 Å². The van der Waals surface area contributed by atoms with Gasteiger partial charge in [-0.25, -0.2) is 5.32 Å². The van der Waals surface area contributed by atoms with Crippen molar-refractivity contribution in [3.63, 3.8) is 0 Å². The van der Waals surface area contributed by atoms with Crippen LogP contribution in [0.1, 0.15) is 0 Å². The minimum absolute atomic E-state index is 0.00241. The highest BCUT2D eigenvalue weighted by Gasteiger charge is 1.86. The molecule has 0 aliphatic rings. The van der Waals surface area contributed by atoms with E-state index in [1.165, 1.54) is 6.19 Å². The van der Waals surface area contributed by atoms with E-state index >= 15 is 0 Å². The quantitative estimate of drug-likeness (QED) is 0.234. The van der Waals surface area contributed by atoms with Crippen LogP contribution in [0.3, 0.4) is 0 Å². The molecular formula is C5H7N4. The number of aliphatic imine (C=N–C) groups is 1. The molecule has 0 aliphatic heterocycles. The molecule has 0 aromatic heterocycles. The van der Waals surface area contributed by atoms with Gasteiger partial charge in [0.1, 0.15) is 0 Å². The second-order valence-corrected chi connectivity index (χ2v) is 1.20. The molecule has 0 atom stereocenters. The lowest BCUT2D eigenvalue weighted by Gasteiger charge is -1.91. The third-order valence-electron chi connectivity index (χ3n) is 0.547. The highest BCUT2D eigenvalue weighted by atomic mass is 15.1. The molecule has 0 unspecified atom stereocenters. The molecule has 1 radical (unpaired) electrons. The Hall–Kier alpha value is -1.50. The SMILES string of the molecule is C=CC[N]/C(N)=N/C#N. The van der Waals surface area contributed by atoms with Gasteiger partial charge in [0.15, 0.2) is 0 Å². The van der Waals surface area contributed by atoms with Crippen LogP contribution < -0.4 is 11.1 Å². The van der Waals surface area contributed by atoms with Crippen LogP contribution in [0, 0.1) is 11.5 Å². The van der Waals surface area contributed by atoms with Crippen molar-refractivity contribution in [1.82, 2.24) is 5.32 Å². The second kappa shape index (κ2) is 4.65. The fraction of sp³-hybridized carbons (Fsp3) is 0.200. The van der Waals surface area contributed by atoms with Gasteiger partial charge in [-0.3, -0.25) is 0 Å². The molecule has 0 saturated carbocycles. The zero-order valence-corrected chi connectivity index (χ0v) is 4.91. The van der Waals surface area contributed by atoms with Crippen LogP contribution in [0.2, 0.25) is 0 Å². The predicted octanol–water partition coefficient (Wildman–Crippen LogP) is -0.427. The van der Waals surface area contributed by atoms with Gasteiger partial charge in [0.2, 0.25) is 12.2 Å². The maximum Gasteiger partial charge on any atom is 0.226 e. The Labute approximate surface area is 53.7 Å². The molecule has 0 bridgehead atoms. The molecule has 47 valence electrons. The fourth-order valence-corrected chi connectivity index (χ4v) is 0.245. The molecule has 0 aromatic rings. The number of guanidine groups is 1. The Balaban J connectivity index is 3.52. The van der Waals surface area contributed by atoms with Crippen LogP contribution in [0.15, 0.2) is 17.6 Å². The Bertz CT molecular complexity index is 153. The summed E-state index contributed by atoms with van der Waals surface area (Å²) >= 11 is 0. The van der Waals surface area contributed by atoms with E-state index in [0.29, 0.717) is 6.54 Å². The topological polar surface area (TPSA) is 76.3 Å². The van der Waals surface area contributed by atoms with E-state index in [2.05, 4.69) is 16.9 Å². The van der Waals surface area contributed by atoms with Gasteiger partial charge in [-0.1, -0.05) is 6.08 Å². The maximum atomic E-state index is 7.93. The van der Waals surface area contributed by atoms with E-state index in [0.717, 1.165) is 0 Å². The van der Waals surface area contributed by atoms with E-state index in [4.69, 9.17) is 11.0 Å². The van der Waals surface area contributed by atoms with Crippen LogP contribution in [0.5, 0.6) is 0 Å². The van der Waals surface area contributed by atoms with Gasteiger partial charge in [0.25, 0.3) is 0 Å². The molecule has 0 spiro atoms. The lowest BCUT2D eigenvalue weighted by atomic mass is 10.6. The molecule has 0 saturated heterocycles. The zero-order valence-electron chi connectivity index (χ0n) is 4.91. The van der Waals surface area contributed by atoms with Crippen molar-refractivity contribution in [2.45, 2.75) is 0 Å². The molecule has 0 heterocycles. The Kier molecular flexibility index (Phi) is 3.88. The first-order chi connectivity index (χ1) is 4.31. The van der Waals surface area contributed by atoms with Crippen LogP contribution >= 0.6 is 0 Å². The second-order valence-electron chi connectivity index (χ2n) is 1.20. The van der Waals surface area contributed by atoms with Crippen molar-refractivity contribution in [1.29, 1.82) is 5.26 Å². The molecule has 4 nitrogen and oxygen atoms in total. The summed E-state index contributed by atoms with van der Waals surface area (Å²) in [5, 5.41) is 11.6. The summed E-state index contributed by atoms with van der Waals surface area (Å²) < 4.78 is 0. The highest BCUT2D eigenvalue weighted by molar-refractivity contribution is 5.78. The molecule has 0 aliphatic carbocycles. The molecule has 0 rings (SSSR count). The maximum absolute atomic E-state index is 7.93. The minimum Gasteiger partial charge on any atom is -0.367 e. The summed E-state index contributed by atoms with van der Waals surface area (Å²) in [6.07, 6.45) is 3.08. The van der Waals surface area contributed by atoms with Crippen molar-refractivity contribution in [3.05, 3.63) is 12.7 Å². The summed E-state index contributed by atoms with van der Waals surface area (Å²) in [5.41, 5.74) is 5.08. The fourth-order valence-electron chi connectivity index (χ4n) is 0.245. The molecule has 2 N–H and O–H groups in total.